The molecule has 252 valence electrons. The number of Topliss-reactive ketones (excluding diaryl/α,β-unsaturated/α-hetero) is 1. The number of nitrogens with one attached hydrogen (secondary N) is 2. The van der Waals surface area contributed by atoms with Gasteiger partial charge in [0.15, 0.2) is 15.6 Å². The van der Waals surface area contributed by atoms with Crippen LogP contribution in [-0.4, -0.2) is 84.9 Å². The summed E-state index contributed by atoms with van der Waals surface area (Å²) in [6.45, 7) is 1.40. The van der Waals surface area contributed by atoms with Crippen LogP contribution in [0.5, 0.6) is 0 Å². The molecule has 0 aromatic heterocycles. The molecule has 0 bridgehead atoms. The third-order valence-corrected chi connectivity index (χ3v) is 11.3. The number of amides is 3. The number of aryl methyl sites for hydroxylation is 2. The number of nitrogens with zero attached hydrogens (tertiary/aromatic N) is 2. The Balaban J connectivity index is 1.18. The van der Waals surface area contributed by atoms with Crippen LogP contribution < -0.4 is 10.6 Å². The number of sulfone groups is 1. The zero-order chi connectivity index (χ0) is 33.7. The van der Waals surface area contributed by atoms with Crippen molar-refractivity contribution in [3.05, 3.63) is 101 Å². The number of benzene rings is 3. The lowest BCUT2D eigenvalue weighted by Crippen LogP contribution is -2.56. The quantitative estimate of drug-likeness (QED) is 0.299. The summed E-state index contributed by atoms with van der Waals surface area (Å²) in [7, 11) is -3.06. The Hall–Kier alpha value is -4.35. The van der Waals surface area contributed by atoms with E-state index >= 15 is 0 Å². The Labute approximate surface area is 281 Å². The molecular formula is C37H42N4O6S. The van der Waals surface area contributed by atoms with E-state index in [-0.39, 0.29) is 61.3 Å². The molecule has 48 heavy (non-hydrogen) atoms. The van der Waals surface area contributed by atoms with Crippen molar-refractivity contribution in [3.63, 3.8) is 0 Å². The zero-order valence-corrected chi connectivity index (χ0v) is 27.8. The number of ketones is 1. The van der Waals surface area contributed by atoms with Crippen molar-refractivity contribution < 1.29 is 27.6 Å². The second-order valence-corrected chi connectivity index (χ2v) is 15.3. The van der Waals surface area contributed by atoms with Gasteiger partial charge in [0.25, 0.3) is 0 Å². The summed E-state index contributed by atoms with van der Waals surface area (Å²) in [5.41, 5.74) is 5.59. The zero-order valence-electron chi connectivity index (χ0n) is 27.0. The molecule has 0 spiro atoms. The molecule has 10 nitrogen and oxygen atoms in total. The Morgan fingerprint density at radius 1 is 0.812 bits per heavy atom. The van der Waals surface area contributed by atoms with E-state index < -0.39 is 27.8 Å². The molecule has 2 aliphatic heterocycles. The summed E-state index contributed by atoms with van der Waals surface area (Å²) < 4.78 is 24.0. The van der Waals surface area contributed by atoms with Gasteiger partial charge in [0, 0.05) is 56.7 Å². The molecule has 3 aromatic carbocycles. The van der Waals surface area contributed by atoms with Crippen LogP contribution in [0.3, 0.4) is 0 Å². The van der Waals surface area contributed by atoms with Crippen LogP contribution in [0.25, 0.3) is 0 Å². The van der Waals surface area contributed by atoms with Crippen LogP contribution in [-0.2, 0) is 50.0 Å². The minimum absolute atomic E-state index is 0.0205. The predicted octanol–water partition coefficient (Wildman–Crippen LogP) is 3.34. The summed E-state index contributed by atoms with van der Waals surface area (Å²) in [4.78, 5) is 57.8. The maximum absolute atomic E-state index is 14.1. The van der Waals surface area contributed by atoms with Crippen molar-refractivity contribution >= 4 is 39.0 Å². The first kappa shape index (κ1) is 33.5. The van der Waals surface area contributed by atoms with E-state index in [1.54, 1.807) is 24.3 Å². The lowest BCUT2D eigenvalue weighted by Gasteiger charge is -2.37. The molecule has 2 N–H and O–H groups in total. The second kappa shape index (κ2) is 14.8. The highest BCUT2D eigenvalue weighted by Gasteiger charge is 2.36. The highest BCUT2D eigenvalue weighted by Crippen LogP contribution is 2.27. The van der Waals surface area contributed by atoms with E-state index in [9.17, 15) is 27.6 Å². The molecule has 3 aliphatic rings. The maximum atomic E-state index is 14.1. The van der Waals surface area contributed by atoms with Crippen molar-refractivity contribution in [2.75, 3.05) is 36.5 Å². The van der Waals surface area contributed by atoms with Crippen molar-refractivity contribution in [2.24, 2.45) is 0 Å². The predicted molar refractivity (Wildman–Crippen MR) is 183 cm³/mol. The molecule has 0 radical (unpaired) electrons. The molecule has 3 aromatic rings. The van der Waals surface area contributed by atoms with Gasteiger partial charge in [-0.1, -0.05) is 60.7 Å². The molecule has 2 heterocycles. The summed E-state index contributed by atoms with van der Waals surface area (Å²) in [5.74, 6) is -1.12. The fourth-order valence-corrected chi connectivity index (χ4v) is 8.13. The lowest BCUT2D eigenvalue weighted by atomic mass is 9.92. The molecule has 6 rings (SSSR count). The number of carbonyl (C=O) groups excluding carboxylic acids is 4. The molecule has 2 atom stereocenters. The Kier molecular flexibility index (Phi) is 10.4. The van der Waals surface area contributed by atoms with Gasteiger partial charge in [-0.2, -0.15) is 0 Å². The third-order valence-electron chi connectivity index (χ3n) is 9.70. The highest BCUT2D eigenvalue weighted by atomic mass is 32.2. The summed E-state index contributed by atoms with van der Waals surface area (Å²) >= 11 is 0. The van der Waals surface area contributed by atoms with Gasteiger partial charge in [0.05, 0.1) is 11.5 Å². The van der Waals surface area contributed by atoms with Gasteiger partial charge in [-0.25, -0.2) is 8.42 Å². The van der Waals surface area contributed by atoms with Crippen LogP contribution in [0.4, 0.5) is 5.69 Å². The number of carbonyl (C=O) groups is 4. The number of hydrogen-bond donors (Lipinski definition) is 2. The maximum Gasteiger partial charge on any atom is 0.246 e. The number of anilines is 1. The normalized spacial score (nSPS) is 19.1. The highest BCUT2D eigenvalue weighted by molar-refractivity contribution is 7.91. The van der Waals surface area contributed by atoms with E-state index in [2.05, 4.69) is 10.6 Å². The number of hydrogen-bond acceptors (Lipinski definition) is 7. The van der Waals surface area contributed by atoms with Gasteiger partial charge < -0.3 is 20.4 Å². The van der Waals surface area contributed by atoms with E-state index in [0.717, 1.165) is 30.4 Å². The minimum Gasteiger partial charge on any atom is -0.342 e. The summed E-state index contributed by atoms with van der Waals surface area (Å²) in [5, 5.41) is 5.96. The first-order valence-electron chi connectivity index (χ1n) is 16.8. The average molecular weight is 671 g/mol. The van der Waals surface area contributed by atoms with Gasteiger partial charge in [-0.3, -0.25) is 19.2 Å². The van der Waals surface area contributed by atoms with Gasteiger partial charge in [-0.15, -0.1) is 0 Å². The second-order valence-electron chi connectivity index (χ2n) is 13.0. The Morgan fingerprint density at radius 2 is 1.52 bits per heavy atom. The van der Waals surface area contributed by atoms with Crippen LogP contribution in [0.15, 0.2) is 72.8 Å². The molecule has 1 aliphatic carbocycles. The van der Waals surface area contributed by atoms with Crippen molar-refractivity contribution in [1.82, 2.24) is 15.1 Å². The first-order valence-corrected chi connectivity index (χ1v) is 18.6. The van der Waals surface area contributed by atoms with E-state index in [1.807, 2.05) is 53.4 Å². The van der Waals surface area contributed by atoms with Gasteiger partial charge in [0.1, 0.15) is 12.1 Å². The topological polar surface area (TPSA) is 133 Å². The van der Waals surface area contributed by atoms with E-state index in [1.165, 1.54) is 16.0 Å². The van der Waals surface area contributed by atoms with Crippen molar-refractivity contribution in [3.8, 4) is 0 Å². The standard InChI is InChI=1S/C37H42N4O6S/c42-34(27-7-2-1-3-8-27)15-16-35(43)41-25-30-10-5-4-9-29(30)24-33(41)37(45)39-32(17-18-40-19-21-48(46,47)22-20-40)36(44)38-31-14-13-26-11-6-12-28(26)23-31/h1-5,7-10,13-14,23,32-33H,6,11-12,15-22,24-25H2,(H,38,44)(H,39,45)/t32-,33-/m0/s1. The number of fused-ring (bicyclic) bond motifs is 2. The molecule has 3 amide bonds. The summed E-state index contributed by atoms with van der Waals surface area (Å²) in [6, 6.07) is 20.6. The Morgan fingerprint density at radius 3 is 2.29 bits per heavy atom. The fraction of sp³-hybridized carbons (Fsp3) is 0.405. The largest absolute Gasteiger partial charge is 0.342 e. The van der Waals surface area contributed by atoms with Crippen LogP contribution in [0.1, 0.15) is 58.3 Å². The van der Waals surface area contributed by atoms with Crippen LogP contribution >= 0.6 is 0 Å². The molecule has 11 heteroatoms. The fourth-order valence-electron chi connectivity index (χ4n) is 6.85. The molecule has 0 unspecified atom stereocenters. The molecule has 0 saturated carbocycles. The minimum atomic E-state index is -3.06. The lowest BCUT2D eigenvalue weighted by molar-refractivity contribution is -0.142. The molecular weight excluding hydrogens is 628 g/mol. The van der Waals surface area contributed by atoms with E-state index in [0.29, 0.717) is 30.9 Å². The number of rotatable bonds is 11. The smallest absolute Gasteiger partial charge is 0.246 e. The molecule has 1 fully saturated rings. The first-order chi connectivity index (χ1) is 23.1. The SMILES string of the molecule is O=C(CCC(=O)N1Cc2ccccc2C[C@H]1C(=O)N[C@@H](CCN1CCS(=O)(=O)CC1)C(=O)Nc1ccc2c(c1)CCC2)c1ccccc1. The van der Waals surface area contributed by atoms with Gasteiger partial charge >= 0.3 is 0 Å². The van der Waals surface area contributed by atoms with Crippen molar-refractivity contribution in [2.45, 2.75) is 63.6 Å². The monoisotopic (exact) mass is 670 g/mol. The van der Waals surface area contributed by atoms with Crippen molar-refractivity contribution in [1.29, 1.82) is 0 Å². The van der Waals surface area contributed by atoms with Crippen LogP contribution in [0, 0.1) is 0 Å². The molecule has 1 saturated heterocycles. The van der Waals surface area contributed by atoms with Gasteiger partial charge in [-0.05, 0) is 60.1 Å². The third kappa shape index (κ3) is 8.19. The Bertz CT molecular complexity index is 1780. The average Bonchev–Trinajstić information content (AvgIpc) is 3.57. The van der Waals surface area contributed by atoms with E-state index in [4.69, 9.17) is 0 Å². The van der Waals surface area contributed by atoms with Crippen LogP contribution in [0.2, 0.25) is 0 Å². The summed E-state index contributed by atoms with van der Waals surface area (Å²) in [6.07, 6.45) is 3.59. The van der Waals surface area contributed by atoms with Gasteiger partial charge in [0.2, 0.25) is 17.7 Å².